The first kappa shape index (κ1) is 15.0. The van der Waals surface area contributed by atoms with Crippen molar-refractivity contribution in [2.45, 2.75) is 18.7 Å². The van der Waals surface area contributed by atoms with E-state index < -0.39 is 0 Å². The van der Waals surface area contributed by atoms with Gasteiger partial charge in [-0.3, -0.25) is 4.98 Å². The van der Waals surface area contributed by atoms with Crippen LogP contribution in [0.25, 0.3) is 0 Å². The Labute approximate surface area is 151 Å². The van der Waals surface area contributed by atoms with Crippen molar-refractivity contribution in [3.05, 3.63) is 89.7 Å². The van der Waals surface area contributed by atoms with Crippen molar-refractivity contribution in [3.63, 3.8) is 0 Å². The van der Waals surface area contributed by atoms with Gasteiger partial charge in [-0.15, -0.1) is 0 Å². The molecule has 2 aliphatic heterocycles. The Balaban J connectivity index is 1.59. The number of benzene rings is 2. The zero-order valence-electron chi connectivity index (χ0n) is 14.0. The molecule has 3 heterocycles. The standard InChI is InChI=1S/C21H17N3O2/c25-16-9-7-14(8-10-16)18-12-19-17-5-1-2-6-20(17)26-21(24(19)23-18)15-4-3-11-22-13-15/h1-11,13,19,21,25H,12H2. The van der Waals surface area contributed by atoms with Crippen molar-refractivity contribution in [2.75, 3.05) is 0 Å². The molecule has 2 atom stereocenters. The van der Waals surface area contributed by atoms with Gasteiger partial charge in [-0.2, -0.15) is 5.10 Å². The molecule has 2 aromatic carbocycles. The summed E-state index contributed by atoms with van der Waals surface area (Å²) in [7, 11) is 0. The number of rotatable bonds is 2. The molecule has 0 aliphatic carbocycles. The fourth-order valence-corrected chi connectivity index (χ4v) is 3.60. The van der Waals surface area contributed by atoms with Gasteiger partial charge in [0.25, 0.3) is 0 Å². The Kier molecular flexibility index (Phi) is 3.38. The zero-order valence-corrected chi connectivity index (χ0v) is 14.0. The monoisotopic (exact) mass is 343 g/mol. The van der Waals surface area contributed by atoms with Crippen molar-refractivity contribution in [1.29, 1.82) is 0 Å². The smallest absolute Gasteiger partial charge is 0.215 e. The highest BCUT2D eigenvalue weighted by molar-refractivity contribution is 6.02. The van der Waals surface area contributed by atoms with Gasteiger partial charge in [-0.1, -0.05) is 24.3 Å². The SMILES string of the molecule is Oc1ccc(C2=NN3C(C2)c2ccccc2OC3c2cccnc2)cc1. The van der Waals surface area contributed by atoms with Gasteiger partial charge in [0.15, 0.2) is 0 Å². The Morgan fingerprint density at radius 3 is 2.65 bits per heavy atom. The number of fused-ring (bicyclic) bond motifs is 3. The van der Waals surface area contributed by atoms with E-state index >= 15 is 0 Å². The molecule has 5 heteroatoms. The summed E-state index contributed by atoms with van der Waals surface area (Å²) in [6.45, 7) is 0. The number of aromatic hydroxyl groups is 1. The molecule has 0 amide bonds. The Bertz CT molecular complexity index is 970. The van der Waals surface area contributed by atoms with E-state index in [4.69, 9.17) is 9.84 Å². The first-order valence-electron chi connectivity index (χ1n) is 8.60. The number of para-hydroxylation sites is 1. The molecule has 26 heavy (non-hydrogen) atoms. The number of hydrazone groups is 1. The second-order valence-corrected chi connectivity index (χ2v) is 6.49. The normalized spacial score (nSPS) is 20.8. The van der Waals surface area contributed by atoms with Crippen LogP contribution >= 0.6 is 0 Å². The van der Waals surface area contributed by atoms with Gasteiger partial charge in [0, 0.05) is 29.9 Å². The minimum atomic E-state index is -0.307. The third-order valence-corrected chi connectivity index (χ3v) is 4.87. The van der Waals surface area contributed by atoms with Gasteiger partial charge in [-0.25, -0.2) is 5.01 Å². The third-order valence-electron chi connectivity index (χ3n) is 4.87. The Hall–Kier alpha value is -3.34. The van der Waals surface area contributed by atoms with Gasteiger partial charge < -0.3 is 9.84 Å². The van der Waals surface area contributed by atoms with Gasteiger partial charge in [0.2, 0.25) is 6.23 Å². The number of phenolic OH excluding ortho intramolecular Hbond substituents is 1. The first-order valence-corrected chi connectivity index (χ1v) is 8.60. The number of aromatic nitrogens is 1. The summed E-state index contributed by atoms with van der Waals surface area (Å²) in [5.41, 5.74) is 4.12. The van der Waals surface area contributed by atoms with Gasteiger partial charge >= 0.3 is 0 Å². The van der Waals surface area contributed by atoms with Crippen LogP contribution in [0.2, 0.25) is 0 Å². The van der Waals surface area contributed by atoms with E-state index in [9.17, 15) is 5.11 Å². The summed E-state index contributed by atoms with van der Waals surface area (Å²) in [5, 5.41) is 16.5. The molecular weight excluding hydrogens is 326 g/mol. The van der Waals surface area contributed by atoms with Crippen LogP contribution < -0.4 is 4.74 Å². The van der Waals surface area contributed by atoms with Crippen LogP contribution in [0.1, 0.15) is 35.4 Å². The van der Waals surface area contributed by atoms with E-state index in [2.05, 4.69) is 11.1 Å². The first-order chi connectivity index (χ1) is 12.8. The molecule has 1 aromatic heterocycles. The second-order valence-electron chi connectivity index (χ2n) is 6.49. The molecule has 2 aliphatic rings. The maximum atomic E-state index is 9.55. The number of nitrogens with zero attached hydrogens (tertiary/aromatic N) is 3. The highest BCUT2D eigenvalue weighted by atomic mass is 16.5. The minimum Gasteiger partial charge on any atom is -0.508 e. The lowest BCUT2D eigenvalue weighted by Crippen LogP contribution is -2.33. The fourth-order valence-electron chi connectivity index (χ4n) is 3.60. The highest BCUT2D eigenvalue weighted by Crippen LogP contribution is 2.47. The van der Waals surface area contributed by atoms with E-state index in [0.717, 1.165) is 34.6 Å². The molecule has 128 valence electrons. The van der Waals surface area contributed by atoms with E-state index in [1.54, 1.807) is 18.3 Å². The topological polar surface area (TPSA) is 58.0 Å². The minimum absolute atomic E-state index is 0.119. The average molecular weight is 343 g/mol. The Morgan fingerprint density at radius 1 is 1.00 bits per heavy atom. The molecule has 0 saturated carbocycles. The molecule has 0 radical (unpaired) electrons. The predicted octanol–water partition coefficient (Wildman–Crippen LogP) is 4.03. The van der Waals surface area contributed by atoms with Crippen molar-refractivity contribution in [3.8, 4) is 11.5 Å². The molecule has 0 fully saturated rings. The lowest BCUT2D eigenvalue weighted by Gasteiger charge is -2.38. The summed E-state index contributed by atoms with van der Waals surface area (Å²) in [4.78, 5) is 4.23. The second kappa shape index (κ2) is 5.88. The van der Waals surface area contributed by atoms with Crippen LogP contribution in [0.3, 0.4) is 0 Å². The van der Waals surface area contributed by atoms with Crippen molar-refractivity contribution in [2.24, 2.45) is 5.10 Å². The molecule has 0 spiro atoms. The summed E-state index contributed by atoms with van der Waals surface area (Å²) < 4.78 is 6.27. The van der Waals surface area contributed by atoms with Crippen molar-refractivity contribution < 1.29 is 9.84 Å². The lowest BCUT2D eigenvalue weighted by atomic mass is 9.96. The predicted molar refractivity (Wildman–Crippen MR) is 97.9 cm³/mol. The summed E-state index contributed by atoms with van der Waals surface area (Å²) >= 11 is 0. The van der Waals surface area contributed by atoms with Crippen LogP contribution in [-0.2, 0) is 0 Å². The maximum Gasteiger partial charge on any atom is 0.215 e. The highest BCUT2D eigenvalue weighted by Gasteiger charge is 2.40. The zero-order chi connectivity index (χ0) is 17.5. The van der Waals surface area contributed by atoms with Crippen LogP contribution in [0, 0.1) is 0 Å². The van der Waals surface area contributed by atoms with Crippen molar-refractivity contribution in [1.82, 2.24) is 9.99 Å². The van der Waals surface area contributed by atoms with E-state index in [1.807, 2.05) is 53.7 Å². The van der Waals surface area contributed by atoms with Gasteiger partial charge in [0.05, 0.1) is 11.8 Å². The molecule has 3 aromatic rings. The van der Waals surface area contributed by atoms with Crippen molar-refractivity contribution >= 4 is 5.71 Å². The van der Waals surface area contributed by atoms with Crippen LogP contribution in [-0.4, -0.2) is 20.8 Å². The summed E-state index contributed by atoms with van der Waals surface area (Å²) in [6, 6.07) is 19.4. The number of hydrogen-bond donors (Lipinski definition) is 1. The lowest BCUT2D eigenvalue weighted by molar-refractivity contribution is -0.0192. The number of hydrogen-bond acceptors (Lipinski definition) is 5. The van der Waals surface area contributed by atoms with Gasteiger partial charge in [0.1, 0.15) is 11.5 Å². The molecule has 2 unspecified atom stereocenters. The van der Waals surface area contributed by atoms with Crippen LogP contribution in [0.15, 0.2) is 78.2 Å². The summed E-state index contributed by atoms with van der Waals surface area (Å²) in [5.74, 6) is 1.15. The molecule has 5 nitrogen and oxygen atoms in total. The third kappa shape index (κ3) is 2.40. The van der Waals surface area contributed by atoms with E-state index in [0.29, 0.717) is 0 Å². The van der Waals surface area contributed by atoms with E-state index in [1.165, 1.54) is 0 Å². The molecule has 0 bridgehead atoms. The van der Waals surface area contributed by atoms with Gasteiger partial charge in [-0.05, 0) is 42.0 Å². The molecule has 5 rings (SSSR count). The largest absolute Gasteiger partial charge is 0.508 e. The molecular formula is C21H17N3O2. The van der Waals surface area contributed by atoms with E-state index in [-0.39, 0.29) is 18.0 Å². The maximum absolute atomic E-state index is 9.55. The molecule has 1 N–H and O–H groups in total. The number of pyridine rings is 1. The quantitative estimate of drug-likeness (QED) is 0.763. The van der Waals surface area contributed by atoms with Crippen LogP contribution in [0.4, 0.5) is 0 Å². The average Bonchev–Trinajstić information content (AvgIpc) is 3.14. The fraction of sp³-hybridized carbons (Fsp3) is 0.143. The Morgan fingerprint density at radius 2 is 1.85 bits per heavy atom. The van der Waals surface area contributed by atoms with Crippen LogP contribution in [0.5, 0.6) is 11.5 Å². The summed E-state index contributed by atoms with van der Waals surface area (Å²) in [6.07, 6.45) is 4.07. The molecule has 0 saturated heterocycles. The number of ether oxygens (including phenoxy) is 1. The number of phenols is 1.